The van der Waals surface area contributed by atoms with Gasteiger partial charge in [0.2, 0.25) is 5.43 Å². The zero-order valence-corrected chi connectivity index (χ0v) is 8.26. The molecule has 0 saturated carbocycles. The Labute approximate surface area is 79.0 Å². The summed E-state index contributed by atoms with van der Waals surface area (Å²) >= 11 is 3.07. The lowest BCUT2D eigenvalue weighted by atomic mass is 10.2. The first kappa shape index (κ1) is 9.26. The van der Waals surface area contributed by atoms with Crippen LogP contribution >= 0.6 is 15.9 Å². The maximum Gasteiger partial charge on any atom is 0.234 e. The van der Waals surface area contributed by atoms with E-state index >= 15 is 0 Å². The van der Waals surface area contributed by atoms with Gasteiger partial charge in [0.05, 0.1) is 4.47 Å². The Morgan fingerprint density at radius 2 is 2.17 bits per heavy atom. The zero-order valence-electron chi connectivity index (χ0n) is 6.67. The molecule has 0 radical (unpaired) electrons. The van der Waals surface area contributed by atoms with Crippen LogP contribution in [0.15, 0.2) is 27.5 Å². The van der Waals surface area contributed by atoms with Crippen LogP contribution in [0.5, 0.6) is 5.75 Å². The molecule has 3 heteroatoms. The van der Waals surface area contributed by atoms with Gasteiger partial charge in [0.15, 0.2) is 5.75 Å². The molecule has 0 atom stereocenters. The first-order valence-corrected chi connectivity index (χ1v) is 4.46. The van der Waals surface area contributed by atoms with Crippen LogP contribution < -0.4 is 5.43 Å². The third-order valence-corrected chi connectivity index (χ3v) is 2.25. The van der Waals surface area contributed by atoms with Crippen molar-refractivity contribution < 1.29 is 5.11 Å². The molecule has 0 aromatic heterocycles. The van der Waals surface area contributed by atoms with Gasteiger partial charge >= 0.3 is 0 Å². The Kier molecular flexibility index (Phi) is 2.87. The van der Waals surface area contributed by atoms with Gasteiger partial charge < -0.3 is 5.11 Å². The molecule has 64 valence electrons. The number of aryl methyl sites for hydroxylation is 1. The largest absolute Gasteiger partial charge is 0.504 e. The van der Waals surface area contributed by atoms with E-state index in [0.717, 1.165) is 12.0 Å². The van der Waals surface area contributed by atoms with Crippen molar-refractivity contribution in [1.29, 1.82) is 0 Å². The average molecular weight is 229 g/mol. The quantitative estimate of drug-likeness (QED) is 0.800. The molecular formula is C9H9BrO2. The number of hydrogen-bond acceptors (Lipinski definition) is 2. The summed E-state index contributed by atoms with van der Waals surface area (Å²) in [6.07, 6.45) is 0.800. The van der Waals surface area contributed by atoms with Gasteiger partial charge in [-0.15, -0.1) is 0 Å². The highest BCUT2D eigenvalue weighted by atomic mass is 79.9. The van der Waals surface area contributed by atoms with Crippen molar-refractivity contribution in [2.24, 2.45) is 0 Å². The number of rotatable bonds is 1. The Morgan fingerprint density at radius 3 is 2.75 bits per heavy atom. The summed E-state index contributed by atoms with van der Waals surface area (Å²) in [6.45, 7) is 1.97. The van der Waals surface area contributed by atoms with Gasteiger partial charge in [-0.25, -0.2) is 0 Å². The molecule has 0 aliphatic rings. The van der Waals surface area contributed by atoms with Gasteiger partial charge in [0.25, 0.3) is 0 Å². The van der Waals surface area contributed by atoms with Gasteiger partial charge in [-0.2, -0.15) is 0 Å². The van der Waals surface area contributed by atoms with Crippen molar-refractivity contribution in [1.82, 2.24) is 0 Å². The molecule has 1 rings (SSSR count). The smallest absolute Gasteiger partial charge is 0.234 e. The highest BCUT2D eigenvalue weighted by Gasteiger charge is 1.99. The lowest BCUT2D eigenvalue weighted by Gasteiger charge is -1.87. The lowest BCUT2D eigenvalue weighted by Crippen LogP contribution is -1.95. The van der Waals surface area contributed by atoms with E-state index in [1.165, 1.54) is 6.07 Å². The molecule has 12 heavy (non-hydrogen) atoms. The highest BCUT2D eigenvalue weighted by Crippen LogP contribution is 2.10. The fourth-order valence-corrected chi connectivity index (χ4v) is 1.22. The zero-order chi connectivity index (χ0) is 9.14. The van der Waals surface area contributed by atoms with Gasteiger partial charge in [-0.05, 0) is 40.0 Å². The predicted octanol–water partition coefficient (Wildman–Crippen LogP) is 2.08. The van der Waals surface area contributed by atoms with Crippen LogP contribution in [0.3, 0.4) is 0 Å². The van der Waals surface area contributed by atoms with Crippen LogP contribution in [0.4, 0.5) is 0 Å². The summed E-state index contributed by atoms with van der Waals surface area (Å²) in [4.78, 5) is 11.1. The summed E-state index contributed by atoms with van der Waals surface area (Å²) in [5.74, 6) is -0.205. The van der Waals surface area contributed by atoms with E-state index in [1.807, 2.05) is 13.0 Å². The first-order chi connectivity index (χ1) is 5.65. The van der Waals surface area contributed by atoms with E-state index in [2.05, 4.69) is 15.9 Å². The Hall–Kier alpha value is -0.830. The standard InChI is InChI=1S/C9H9BrO2/c1-2-6-3-4-7(10)9(12)8(11)5-6/h3-5H,2H2,1H3,(H,11,12). The maximum atomic E-state index is 11.1. The minimum atomic E-state index is -0.366. The minimum absolute atomic E-state index is 0.205. The van der Waals surface area contributed by atoms with Crippen LogP contribution in [0.25, 0.3) is 0 Å². The van der Waals surface area contributed by atoms with Gasteiger partial charge in [-0.3, -0.25) is 4.79 Å². The molecular weight excluding hydrogens is 220 g/mol. The van der Waals surface area contributed by atoms with E-state index in [1.54, 1.807) is 6.07 Å². The van der Waals surface area contributed by atoms with Crippen LogP contribution in [-0.2, 0) is 6.42 Å². The van der Waals surface area contributed by atoms with Crippen molar-refractivity contribution in [3.63, 3.8) is 0 Å². The summed E-state index contributed by atoms with van der Waals surface area (Å²) in [5, 5.41) is 9.23. The fraction of sp³-hybridized carbons (Fsp3) is 0.222. The number of aromatic hydroxyl groups is 1. The van der Waals surface area contributed by atoms with Crippen LogP contribution in [0, 0.1) is 0 Å². The second kappa shape index (κ2) is 3.72. The predicted molar refractivity (Wildman–Crippen MR) is 51.5 cm³/mol. The topological polar surface area (TPSA) is 37.3 Å². The van der Waals surface area contributed by atoms with E-state index in [4.69, 9.17) is 0 Å². The Balaban J connectivity index is 3.44. The highest BCUT2D eigenvalue weighted by molar-refractivity contribution is 9.10. The average Bonchev–Trinajstić information content (AvgIpc) is 2.19. The SMILES string of the molecule is CCc1ccc(Br)c(=O)c(O)c1. The molecule has 0 heterocycles. The Bertz CT molecular complexity index is 347. The molecule has 0 unspecified atom stereocenters. The second-order valence-electron chi connectivity index (χ2n) is 2.47. The van der Waals surface area contributed by atoms with Crippen molar-refractivity contribution in [2.75, 3.05) is 0 Å². The van der Waals surface area contributed by atoms with Crippen molar-refractivity contribution in [2.45, 2.75) is 13.3 Å². The van der Waals surface area contributed by atoms with Crippen molar-refractivity contribution in [3.8, 4) is 5.75 Å². The fourth-order valence-electron chi connectivity index (χ4n) is 0.887. The van der Waals surface area contributed by atoms with Gasteiger partial charge in [-0.1, -0.05) is 13.0 Å². The van der Waals surface area contributed by atoms with E-state index in [0.29, 0.717) is 4.47 Å². The minimum Gasteiger partial charge on any atom is -0.504 e. The number of halogens is 1. The van der Waals surface area contributed by atoms with Gasteiger partial charge in [0, 0.05) is 0 Å². The molecule has 0 saturated heterocycles. The molecule has 1 aromatic carbocycles. The second-order valence-corrected chi connectivity index (χ2v) is 3.32. The monoisotopic (exact) mass is 228 g/mol. The molecule has 0 aliphatic carbocycles. The van der Waals surface area contributed by atoms with Crippen LogP contribution in [-0.4, -0.2) is 5.11 Å². The third-order valence-electron chi connectivity index (χ3n) is 1.62. The summed E-state index contributed by atoms with van der Waals surface area (Å²) in [6, 6.07) is 4.96. The normalized spacial score (nSPS) is 9.83. The summed E-state index contributed by atoms with van der Waals surface area (Å²) in [5.41, 5.74) is 0.574. The molecule has 0 amide bonds. The lowest BCUT2D eigenvalue weighted by molar-refractivity contribution is 0.470. The van der Waals surface area contributed by atoms with E-state index in [-0.39, 0.29) is 11.2 Å². The van der Waals surface area contributed by atoms with Crippen molar-refractivity contribution in [3.05, 3.63) is 38.5 Å². The molecule has 0 bridgehead atoms. The summed E-state index contributed by atoms with van der Waals surface area (Å²) in [7, 11) is 0. The molecule has 1 aromatic rings. The number of hydrogen-bond donors (Lipinski definition) is 1. The summed E-state index contributed by atoms with van der Waals surface area (Å²) < 4.78 is 0.389. The van der Waals surface area contributed by atoms with E-state index < -0.39 is 0 Å². The van der Waals surface area contributed by atoms with Crippen LogP contribution in [0.1, 0.15) is 12.5 Å². The maximum absolute atomic E-state index is 11.1. The first-order valence-electron chi connectivity index (χ1n) is 3.67. The molecule has 0 spiro atoms. The van der Waals surface area contributed by atoms with Crippen LogP contribution in [0.2, 0.25) is 0 Å². The molecule has 1 N–H and O–H groups in total. The van der Waals surface area contributed by atoms with E-state index in [9.17, 15) is 9.90 Å². The molecule has 0 fully saturated rings. The third kappa shape index (κ3) is 1.85. The van der Waals surface area contributed by atoms with Gasteiger partial charge in [0.1, 0.15) is 0 Å². The Morgan fingerprint density at radius 1 is 1.50 bits per heavy atom. The van der Waals surface area contributed by atoms with Crippen molar-refractivity contribution >= 4 is 15.9 Å². The molecule has 2 nitrogen and oxygen atoms in total. The molecule has 0 aliphatic heterocycles.